The van der Waals surface area contributed by atoms with Gasteiger partial charge < -0.3 is 15.2 Å². The van der Waals surface area contributed by atoms with E-state index in [1.54, 1.807) is 24.4 Å². The first-order valence-electron chi connectivity index (χ1n) is 9.30. The molecular weight excluding hydrogens is 355 g/mol. The highest BCUT2D eigenvalue weighted by Gasteiger charge is 2.12. The lowest BCUT2D eigenvalue weighted by Gasteiger charge is -2.16. The van der Waals surface area contributed by atoms with E-state index in [0.717, 1.165) is 28.1 Å². The van der Waals surface area contributed by atoms with Crippen LogP contribution in [0.25, 0.3) is 0 Å². The van der Waals surface area contributed by atoms with Crippen molar-refractivity contribution in [1.82, 2.24) is 10.3 Å². The Balaban J connectivity index is 1.57. The standard InChI is InChI=1S/C23H25FN2O2/c1-16-11-18(13-25-14-22(27)20-8-3-4-9-21(20)24)12-17(2)23(16)28-15-19-7-5-6-10-26-19/h3-12,22,25,27H,13-15H2,1-2H3. The molecule has 1 unspecified atom stereocenters. The number of nitrogens with zero attached hydrogens (tertiary/aromatic N) is 1. The Bertz CT molecular complexity index is 892. The largest absolute Gasteiger partial charge is 0.487 e. The van der Waals surface area contributed by atoms with E-state index in [2.05, 4.69) is 22.4 Å². The maximum Gasteiger partial charge on any atom is 0.130 e. The molecule has 0 saturated carbocycles. The van der Waals surface area contributed by atoms with Gasteiger partial charge in [0.1, 0.15) is 18.2 Å². The third-order valence-electron chi connectivity index (χ3n) is 4.54. The zero-order valence-electron chi connectivity index (χ0n) is 16.2. The summed E-state index contributed by atoms with van der Waals surface area (Å²) in [5.74, 6) is 0.471. The number of nitrogens with one attached hydrogen (secondary N) is 1. The molecule has 0 saturated heterocycles. The van der Waals surface area contributed by atoms with E-state index >= 15 is 0 Å². The van der Waals surface area contributed by atoms with Gasteiger partial charge in [-0.3, -0.25) is 4.98 Å². The lowest BCUT2D eigenvalue weighted by Crippen LogP contribution is -2.21. The van der Waals surface area contributed by atoms with Gasteiger partial charge in [0.15, 0.2) is 0 Å². The lowest BCUT2D eigenvalue weighted by atomic mass is 10.1. The molecule has 28 heavy (non-hydrogen) atoms. The van der Waals surface area contributed by atoms with Gasteiger partial charge in [0.05, 0.1) is 11.8 Å². The number of ether oxygens (including phenoxy) is 1. The van der Waals surface area contributed by atoms with Crippen LogP contribution in [0.1, 0.15) is 34.1 Å². The maximum atomic E-state index is 13.7. The average Bonchev–Trinajstić information content (AvgIpc) is 2.68. The molecule has 0 aliphatic heterocycles. The third-order valence-corrected chi connectivity index (χ3v) is 4.54. The number of hydrogen-bond donors (Lipinski definition) is 2. The van der Waals surface area contributed by atoms with Crippen molar-refractivity contribution in [2.45, 2.75) is 33.1 Å². The van der Waals surface area contributed by atoms with Crippen LogP contribution >= 0.6 is 0 Å². The van der Waals surface area contributed by atoms with E-state index in [-0.39, 0.29) is 6.54 Å². The van der Waals surface area contributed by atoms with Crippen molar-refractivity contribution in [3.05, 3.63) is 94.6 Å². The number of aliphatic hydroxyl groups is 1. The molecule has 0 spiro atoms. The summed E-state index contributed by atoms with van der Waals surface area (Å²) < 4.78 is 19.7. The maximum absolute atomic E-state index is 13.7. The Hall–Kier alpha value is -2.76. The molecule has 2 aromatic carbocycles. The number of rotatable bonds is 8. The number of benzene rings is 2. The predicted molar refractivity (Wildman–Crippen MR) is 108 cm³/mol. The number of aromatic nitrogens is 1. The second-order valence-corrected chi connectivity index (χ2v) is 6.84. The minimum atomic E-state index is -0.885. The molecular formula is C23H25FN2O2. The summed E-state index contributed by atoms with van der Waals surface area (Å²) in [5, 5.41) is 13.4. The van der Waals surface area contributed by atoms with Crippen LogP contribution in [0.3, 0.4) is 0 Å². The van der Waals surface area contributed by atoms with E-state index < -0.39 is 11.9 Å². The molecule has 0 amide bonds. The molecule has 3 aromatic rings. The molecule has 3 rings (SSSR count). The Morgan fingerprint density at radius 3 is 2.46 bits per heavy atom. The highest BCUT2D eigenvalue weighted by atomic mass is 19.1. The minimum Gasteiger partial charge on any atom is -0.487 e. The fourth-order valence-corrected chi connectivity index (χ4v) is 3.21. The minimum absolute atomic E-state index is 0.275. The Kier molecular flexibility index (Phi) is 6.74. The fourth-order valence-electron chi connectivity index (χ4n) is 3.21. The van der Waals surface area contributed by atoms with E-state index in [0.29, 0.717) is 18.7 Å². The van der Waals surface area contributed by atoms with Crippen molar-refractivity contribution in [3.63, 3.8) is 0 Å². The van der Waals surface area contributed by atoms with Gasteiger partial charge in [0, 0.05) is 24.8 Å². The molecule has 2 N–H and O–H groups in total. The molecule has 1 atom stereocenters. The second kappa shape index (κ2) is 9.44. The van der Waals surface area contributed by atoms with Gasteiger partial charge in [0.2, 0.25) is 0 Å². The van der Waals surface area contributed by atoms with Crippen LogP contribution in [0, 0.1) is 19.7 Å². The van der Waals surface area contributed by atoms with Crippen LogP contribution < -0.4 is 10.1 Å². The molecule has 5 heteroatoms. The van der Waals surface area contributed by atoms with E-state index in [4.69, 9.17) is 4.74 Å². The zero-order valence-corrected chi connectivity index (χ0v) is 16.2. The molecule has 1 aromatic heterocycles. The SMILES string of the molecule is Cc1cc(CNCC(O)c2ccccc2F)cc(C)c1OCc1ccccn1. The zero-order chi connectivity index (χ0) is 19.9. The van der Waals surface area contributed by atoms with Gasteiger partial charge >= 0.3 is 0 Å². The first-order valence-corrected chi connectivity index (χ1v) is 9.30. The quantitative estimate of drug-likeness (QED) is 0.614. The molecule has 0 radical (unpaired) electrons. The fraction of sp³-hybridized carbons (Fsp3) is 0.261. The molecule has 146 valence electrons. The molecule has 0 aliphatic rings. The molecule has 1 heterocycles. The van der Waals surface area contributed by atoms with E-state index in [1.165, 1.54) is 6.07 Å². The van der Waals surface area contributed by atoms with Gasteiger partial charge in [-0.15, -0.1) is 0 Å². The number of aryl methyl sites for hydroxylation is 2. The molecule has 0 aliphatic carbocycles. The van der Waals surface area contributed by atoms with E-state index in [1.807, 2.05) is 32.0 Å². The van der Waals surface area contributed by atoms with Crippen LogP contribution in [-0.4, -0.2) is 16.6 Å². The Morgan fingerprint density at radius 1 is 1.07 bits per heavy atom. The number of pyridine rings is 1. The Labute approximate surface area is 165 Å². The van der Waals surface area contributed by atoms with Crippen molar-refractivity contribution in [2.75, 3.05) is 6.54 Å². The van der Waals surface area contributed by atoms with Crippen LogP contribution in [0.15, 0.2) is 60.8 Å². The monoisotopic (exact) mass is 380 g/mol. The van der Waals surface area contributed by atoms with Crippen LogP contribution in [0.2, 0.25) is 0 Å². The average molecular weight is 380 g/mol. The molecule has 4 nitrogen and oxygen atoms in total. The predicted octanol–water partition coefficient (Wildman–Crippen LogP) is 4.24. The number of halogens is 1. The number of aliphatic hydroxyl groups excluding tert-OH is 1. The van der Waals surface area contributed by atoms with Gasteiger partial charge in [-0.2, -0.15) is 0 Å². The second-order valence-electron chi connectivity index (χ2n) is 6.84. The van der Waals surface area contributed by atoms with Gasteiger partial charge in [0.25, 0.3) is 0 Å². The summed E-state index contributed by atoms with van der Waals surface area (Å²) in [6, 6.07) is 16.2. The van der Waals surface area contributed by atoms with Gasteiger partial charge in [-0.25, -0.2) is 4.39 Å². The summed E-state index contributed by atoms with van der Waals surface area (Å²) in [6.45, 7) is 5.30. The molecule has 0 bridgehead atoms. The first-order chi connectivity index (χ1) is 13.5. The topological polar surface area (TPSA) is 54.4 Å². The summed E-state index contributed by atoms with van der Waals surface area (Å²) in [7, 11) is 0. The van der Waals surface area contributed by atoms with Crippen molar-refractivity contribution in [2.24, 2.45) is 0 Å². The highest BCUT2D eigenvalue weighted by molar-refractivity contribution is 5.43. The first kappa shape index (κ1) is 20.0. The summed E-state index contributed by atoms with van der Waals surface area (Å²) in [5.41, 5.74) is 4.36. The smallest absolute Gasteiger partial charge is 0.130 e. The van der Waals surface area contributed by atoms with Crippen molar-refractivity contribution >= 4 is 0 Å². The van der Waals surface area contributed by atoms with Gasteiger partial charge in [-0.1, -0.05) is 36.4 Å². The summed E-state index contributed by atoms with van der Waals surface area (Å²) in [4.78, 5) is 4.27. The van der Waals surface area contributed by atoms with Crippen LogP contribution in [0.4, 0.5) is 4.39 Å². The Morgan fingerprint density at radius 2 is 1.79 bits per heavy atom. The van der Waals surface area contributed by atoms with Gasteiger partial charge in [-0.05, 0) is 48.7 Å². The lowest BCUT2D eigenvalue weighted by molar-refractivity contribution is 0.169. The van der Waals surface area contributed by atoms with Crippen molar-refractivity contribution < 1.29 is 14.2 Å². The van der Waals surface area contributed by atoms with Crippen LogP contribution in [-0.2, 0) is 13.2 Å². The van der Waals surface area contributed by atoms with E-state index in [9.17, 15) is 9.50 Å². The summed E-state index contributed by atoms with van der Waals surface area (Å²) in [6.07, 6.45) is 0.868. The molecule has 0 fully saturated rings. The highest BCUT2D eigenvalue weighted by Crippen LogP contribution is 2.26. The van der Waals surface area contributed by atoms with Crippen molar-refractivity contribution in [1.29, 1.82) is 0 Å². The van der Waals surface area contributed by atoms with Crippen LogP contribution in [0.5, 0.6) is 5.75 Å². The normalized spacial score (nSPS) is 12.0. The van der Waals surface area contributed by atoms with Crippen molar-refractivity contribution in [3.8, 4) is 5.75 Å². The summed E-state index contributed by atoms with van der Waals surface area (Å²) >= 11 is 0. The third kappa shape index (κ3) is 5.15. The number of hydrogen-bond acceptors (Lipinski definition) is 4.